The first kappa shape index (κ1) is 32.0. The average molecular weight is 502 g/mol. The van der Waals surface area contributed by atoms with Crippen molar-refractivity contribution in [1.29, 1.82) is 0 Å². The molecule has 8 nitrogen and oxygen atoms in total. The Bertz CT molecular complexity index is 556. The van der Waals surface area contributed by atoms with Crippen molar-refractivity contribution >= 4 is 11.9 Å². The Balaban J connectivity index is 0.000000497. The van der Waals surface area contributed by atoms with E-state index < -0.39 is 30.2 Å². The van der Waals surface area contributed by atoms with E-state index in [-0.39, 0.29) is 31.3 Å². The van der Waals surface area contributed by atoms with E-state index in [1.807, 2.05) is 13.8 Å². The van der Waals surface area contributed by atoms with E-state index in [0.29, 0.717) is 6.42 Å². The van der Waals surface area contributed by atoms with Gasteiger partial charge in [-0.25, -0.2) is 4.79 Å². The van der Waals surface area contributed by atoms with Gasteiger partial charge in [-0.2, -0.15) is 0 Å². The summed E-state index contributed by atoms with van der Waals surface area (Å²) in [7, 11) is 0. The Kier molecular flexibility index (Phi) is 17.5. The van der Waals surface area contributed by atoms with E-state index >= 15 is 0 Å². The number of carbonyl (C=O) groups excluding carboxylic acids is 2. The van der Waals surface area contributed by atoms with Crippen LogP contribution in [0.5, 0.6) is 0 Å². The van der Waals surface area contributed by atoms with Gasteiger partial charge in [0.15, 0.2) is 0 Å². The molecule has 0 saturated carbocycles. The first-order valence-corrected chi connectivity index (χ1v) is 13.9. The molecule has 8 heteroatoms. The van der Waals surface area contributed by atoms with Crippen LogP contribution in [0.4, 0.5) is 0 Å². The van der Waals surface area contributed by atoms with Crippen molar-refractivity contribution in [3.63, 3.8) is 0 Å². The Hall–Kier alpha value is -1.06. The highest BCUT2D eigenvalue weighted by molar-refractivity contribution is 5.88. The van der Waals surface area contributed by atoms with Crippen LogP contribution in [-0.4, -0.2) is 65.8 Å². The van der Waals surface area contributed by atoms with Crippen molar-refractivity contribution in [3.05, 3.63) is 0 Å². The number of aliphatic hydroxyl groups is 2. The van der Waals surface area contributed by atoms with Crippen molar-refractivity contribution in [1.82, 2.24) is 0 Å². The van der Waals surface area contributed by atoms with Gasteiger partial charge in [-0.15, -0.1) is 0 Å². The molecule has 2 aliphatic rings. The van der Waals surface area contributed by atoms with Gasteiger partial charge in [-0.05, 0) is 12.3 Å². The maximum Gasteiger partial charge on any atom is 0.330 e. The number of esters is 2. The summed E-state index contributed by atoms with van der Waals surface area (Å²) in [6, 6.07) is -0.712. The van der Waals surface area contributed by atoms with Crippen molar-refractivity contribution in [2.24, 2.45) is 11.7 Å². The van der Waals surface area contributed by atoms with E-state index in [1.54, 1.807) is 0 Å². The number of unbranched alkanes of at least 4 members (excludes halogenated alkanes) is 12. The second kappa shape index (κ2) is 19.1. The smallest absolute Gasteiger partial charge is 0.330 e. The molecule has 0 aromatic heterocycles. The molecule has 0 aliphatic carbocycles. The molecule has 1 unspecified atom stereocenters. The molecular formula is C27H51NO7. The minimum atomic E-state index is -0.712. The third-order valence-electron chi connectivity index (χ3n) is 6.69. The fraction of sp³-hybridized carbons (Fsp3) is 0.926. The summed E-state index contributed by atoms with van der Waals surface area (Å²) in [5, 5.41) is 18.3. The minimum Gasteiger partial charge on any atom is -0.392 e. The summed E-state index contributed by atoms with van der Waals surface area (Å²) in [5.41, 5.74) is 5.66. The van der Waals surface area contributed by atoms with Gasteiger partial charge >= 0.3 is 11.9 Å². The van der Waals surface area contributed by atoms with Crippen LogP contribution in [0.25, 0.3) is 0 Å². The van der Waals surface area contributed by atoms with Gasteiger partial charge in [0.05, 0.1) is 13.2 Å². The summed E-state index contributed by atoms with van der Waals surface area (Å²) in [5.74, 6) is -1.06. The van der Waals surface area contributed by atoms with Crippen LogP contribution in [0.2, 0.25) is 0 Å². The van der Waals surface area contributed by atoms with Gasteiger partial charge in [0.25, 0.3) is 0 Å². The number of hydrogen-bond acceptors (Lipinski definition) is 8. The lowest BCUT2D eigenvalue weighted by Crippen LogP contribution is -2.38. The highest BCUT2D eigenvalue weighted by Gasteiger charge is 2.46. The Morgan fingerprint density at radius 2 is 1.20 bits per heavy atom. The molecule has 206 valence electrons. The summed E-state index contributed by atoms with van der Waals surface area (Å²) in [6.07, 6.45) is 15.1. The fourth-order valence-electron chi connectivity index (χ4n) is 4.25. The van der Waals surface area contributed by atoms with Crippen LogP contribution in [0.3, 0.4) is 0 Å². The molecule has 0 amide bonds. The number of rotatable bonds is 16. The maximum absolute atomic E-state index is 11.6. The summed E-state index contributed by atoms with van der Waals surface area (Å²) in [4.78, 5) is 23.1. The van der Waals surface area contributed by atoms with Gasteiger partial charge < -0.3 is 30.2 Å². The summed E-state index contributed by atoms with van der Waals surface area (Å²) >= 11 is 0. The van der Waals surface area contributed by atoms with Crippen LogP contribution in [0.1, 0.15) is 111 Å². The molecule has 4 N–H and O–H groups in total. The number of nitrogens with two attached hydrogens (primary N) is 1. The molecule has 2 aliphatic heterocycles. The van der Waals surface area contributed by atoms with Crippen molar-refractivity contribution in [2.45, 2.75) is 141 Å². The molecule has 2 rings (SSSR count). The molecule has 0 radical (unpaired) electrons. The summed E-state index contributed by atoms with van der Waals surface area (Å²) < 4.78 is 14.9. The Morgan fingerprint density at radius 1 is 0.800 bits per heavy atom. The zero-order valence-corrected chi connectivity index (χ0v) is 22.3. The normalized spacial score (nSPS) is 24.1. The van der Waals surface area contributed by atoms with E-state index in [1.165, 1.54) is 64.2 Å². The lowest BCUT2D eigenvalue weighted by atomic mass is 10.0. The molecular weight excluding hydrogens is 450 g/mol. The van der Waals surface area contributed by atoms with Crippen LogP contribution in [0.15, 0.2) is 0 Å². The first-order valence-electron chi connectivity index (χ1n) is 13.9. The monoisotopic (exact) mass is 501 g/mol. The number of fused-ring (bicyclic) bond motifs is 1. The molecule has 2 fully saturated rings. The zero-order chi connectivity index (χ0) is 26.1. The first-order chi connectivity index (χ1) is 16.8. The predicted molar refractivity (Wildman–Crippen MR) is 136 cm³/mol. The molecule has 0 aromatic rings. The summed E-state index contributed by atoms with van der Waals surface area (Å²) in [6.45, 7) is 6.50. The molecule has 2 heterocycles. The third-order valence-corrected chi connectivity index (χ3v) is 6.69. The van der Waals surface area contributed by atoms with E-state index in [9.17, 15) is 9.59 Å². The number of hydrogen-bond donors (Lipinski definition) is 3. The highest BCUT2D eigenvalue weighted by atomic mass is 16.6. The topological polar surface area (TPSA) is 128 Å². The largest absolute Gasteiger partial charge is 0.392 e. The van der Waals surface area contributed by atoms with Crippen molar-refractivity contribution in [3.8, 4) is 0 Å². The lowest BCUT2D eigenvalue weighted by Gasteiger charge is -2.13. The van der Waals surface area contributed by atoms with Crippen LogP contribution in [-0.2, 0) is 23.8 Å². The molecule has 0 bridgehead atoms. The van der Waals surface area contributed by atoms with Crippen LogP contribution in [0, 0.1) is 5.92 Å². The number of ether oxygens (including phenoxy) is 3. The van der Waals surface area contributed by atoms with Crippen LogP contribution < -0.4 is 5.73 Å². The SMILES string of the molecule is CCCCCCCCCCCCCCCC(=O)OC(=O)C(N)C(C)C.O[C@@H]1CO[C@H]2[C@@H]1OC[C@@H]2O. The van der Waals surface area contributed by atoms with Gasteiger partial charge in [0.1, 0.15) is 30.5 Å². The lowest BCUT2D eigenvalue weighted by molar-refractivity contribution is -0.161. The maximum atomic E-state index is 11.6. The van der Waals surface area contributed by atoms with Gasteiger partial charge in [-0.1, -0.05) is 97.8 Å². The van der Waals surface area contributed by atoms with E-state index in [2.05, 4.69) is 6.92 Å². The molecule has 5 atom stereocenters. The fourth-order valence-corrected chi connectivity index (χ4v) is 4.25. The Morgan fingerprint density at radius 3 is 1.60 bits per heavy atom. The van der Waals surface area contributed by atoms with Crippen molar-refractivity contribution in [2.75, 3.05) is 13.2 Å². The average Bonchev–Trinajstić information content (AvgIpc) is 3.39. The standard InChI is InChI=1S/C21H41NO3.C6H10O4/c1-4-5-6-7-8-9-10-11-12-13-14-15-16-17-19(23)25-21(24)20(22)18(2)3;7-3-1-9-6-4(8)2-10-5(3)6/h18,20H,4-17,22H2,1-3H3;3-8H,1-2H2/t;3-,4+,5-,6-/m.1/s1. The van der Waals surface area contributed by atoms with Gasteiger partial charge in [-0.3, -0.25) is 4.79 Å². The van der Waals surface area contributed by atoms with Crippen LogP contribution >= 0.6 is 0 Å². The molecule has 2 saturated heterocycles. The van der Waals surface area contributed by atoms with Gasteiger partial charge in [0, 0.05) is 6.42 Å². The number of carbonyl (C=O) groups is 2. The second-order valence-electron chi connectivity index (χ2n) is 10.3. The third kappa shape index (κ3) is 13.7. The Labute approximate surface area is 212 Å². The van der Waals surface area contributed by atoms with Gasteiger partial charge in [0.2, 0.25) is 0 Å². The quantitative estimate of drug-likeness (QED) is 0.164. The predicted octanol–water partition coefficient (Wildman–Crippen LogP) is 4.03. The number of aliphatic hydroxyl groups excluding tert-OH is 2. The minimum absolute atomic E-state index is 0.0170. The molecule has 0 spiro atoms. The van der Waals surface area contributed by atoms with E-state index in [4.69, 9.17) is 30.2 Å². The highest BCUT2D eigenvalue weighted by Crippen LogP contribution is 2.26. The molecule has 0 aromatic carbocycles. The van der Waals surface area contributed by atoms with Crippen molar-refractivity contribution < 1.29 is 34.0 Å². The molecule has 35 heavy (non-hydrogen) atoms. The van der Waals surface area contributed by atoms with E-state index in [0.717, 1.165) is 19.3 Å². The zero-order valence-electron chi connectivity index (χ0n) is 22.3. The second-order valence-corrected chi connectivity index (χ2v) is 10.3.